The lowest BCUT2D eigenvalue weighted by atomic mass is 9.82. The summed E-state index contributed by atoms with van der Waals surface area (Å²) in [5.41, 5.74) is 4.48. The molecule has 4 aromatic carbocycles. The van der Waals surface area contributed by atoms with Gasteiger partial charge in [-0.15, -0.1) is 0 Å². The van der Waals surface area contributed by atoms with Crippen molar-refractivity contribution in [1.82, 2.24) is 0 Å². The number of hydrogen-bond acceptors (Lipinski definition) is 7. The average Bonchev–Trinajstić information content (AvgIpc) is 3.62. The molecule has 0 unspecified atom stereocenters. The van der Waals surface area contributed by atoms with Crippen LogP contribution < -0.4 is 14.9 Å². The SMILES string of the molecule is C[C@@H]1[C@@H]([Si](C)(C)F)[C@H](CCO)O[C@@]12C(=O)N(Cc1ccc(N3N=C(c4ccccc4)CCC3=O)cc1)c1ccc(N3N=C(c4ccccc4)CCC3=O)cc12. The van der Waals surface area contributed by atoms with Crippen molar-refractivity contribution in [2.45, 2.75) is 75.9 Å². The molecule has 282 valence electrons. The van der Waals surface area contributed by atoms with Gasteiger partial charge in [0.05, 0.1) is 41.1 Å². The number of nitrogens with zero attached hydrogens (tertiary/aromatic N) is 5. The van der Waals surface area contributed by atoms with Gasteiger partial charge in [0, 0.05) is 49.3 Å². The Morgan fingerprint density at radius 1 is 0.782 bits per heavy atom. The Labute approximate surface area is 321 Å². The molecule has 4 atom stereocenters. The first-order valence-corrected chi connectivity index (χ1v) is 21.9. The van der Waals surface area contributed by atoms with Crippen LogP contribution in [0.1, 0.15) is 61.3 Å². The topological polar surface area (TPSA) is 115 Å². The second-order valence-electron chi connectivity index (χ2n) is 15.3. The third-order valence-corrected chi connectivity index (χ3v) is 13.9. The van der Waals surface area contributed by atoms with Gasteiger partial charge in [-0.2, -0.15) is 10.2 Å². The Morgan fingerprint density at radius 3 is 1.87 bits per heavy atom. The minimum Gasteiger partial charge on any atom is -0.396 e. The lowest BCUT2D eigenvalue weighted by molar-refractivity contribution is -0.146. The number of carbonyl (C=O) groups is 3. The Morgan fingerprint density at radius 2 is 1.33 bits per heavy atom. The Hall–Kier alpha value is -5.30. The van der Waals surface area contributed by atoms with Crippen LogP contribution in [0.4, 0.5) is 21.2 Å². The molecule has 1 spiro atoms. The first-order valence-electron chi connectivity index (χ1n) is 18.9. The van der Waals surface area contributed by atoms with Crippen LogP contribution in [0.15, 0.2) is 113 Å². The number of hydrogen-bond donors (Lipinski definition) is 1. The van der Waals surface area contributed by atoms with Crippen LogP contribution in [0, 0.1) is 5.92 Å². The molecule has 0 aliphatic carbocycles. The zero-order valence-electron chi connectivity index (χ0n) is 31.2. The molecule has 10 nitrogen and oxygen atoms in total. The Bertz CT molecular complexity index is 2190. The van der Waals surface area contributed by atoms with Gasteiger partial charge in [-0.05, 0) is 66.5 Å². The van der Waals surface area contributed by atoms with Crippen LogP contribution in [-0.4, -0.2) is 55.4 Å². The van der Waals surface area contributed by atoms with Crippen molar-refractivity contribution in [3.05, 3.63) is 125 Å². The van der Waals surface area contributed by atoms with Crippen LogP contribution in [0.5, 0.6) is 0 Å². The van der Waals surface area contributed by atoms with E-state index in [-0.39, 0.29) is 43.7 Å². The maximum atomic E-state index is 16.2. The smallest absolute Gasteiger partial charge is 0.264 e. The standard InChI is InChI=1S/C43H44FN5O5Si/c1-28-41(55(2,3)44)38(24-25-50)54-43(28)34-26-33(49-40(52)23-20-36(46-49)31-12-8-5-9-13-31)18-21-37(34)47(42(43)53)27-29-14-16-32(17-15-29)48-39(51)22-19-35(45-48)30-10-6-4-7-11-30/h4-18,21,26,28,38,41,50H,19-20,22-25,27H2,1-3H3/t28-,38+,41-,43+/m1/s1. The molecular formula is C43H44FN5O5Si. The van der Waals surface area contributed by atoms with Crippen LogP contribution in [0.3, 0.4) is 0 Å². The molecule has 4 aliphatic rings. The lowest BCUT2D eigenvalue weighted by Gasteiger charge is -2.31. The Kier molecular flexibility index (Phi) is 9.60. The van der Waals surface area contributed by atoms with Crippen molar-refractivity contribution in [3.8, 4) is 0 Å². The van der Waals surface area contributed by atoms with Crippen LogP contribution >= 0.6 is 0 Å². The van der Waals surface area contributed by atoms with Crippen molar-refractivity contribution < 1.29 is 28.3 Å². The summed E-state index contributed by atoms with van der Waals surface area (Å²) in [5.74, 6) is -1.15. The number of aliphatic hydroxyl groups excluding tert-OH is 1. The molecule has 0 saturated carbocycles. The number of aliphatic hydroxyl groups is 1. The molecular weight excluding hydrogens is 714 g/mol. The van der Waals surface area contributed by atoms with Gasteiger partial charge < -0.3 is 18.9 Å². The minimum atomic E-state index is -3.42. The predicted molar refractivity (Wildman–Crippen MR) is 213 cm³/mol. The summed E-state index contributed by atoms with van der Waals surface area (Å²) in [5, 5.41) is 22.3. The van der Waals surface area contributed by atoms with Gasteiger partial charge in [0.2, 0.25) is 20.2 Å². The number of ether oxygens (including phenoxy) is 1. The van der Waals surface area contributed by atoms with E-state index in [9.17, 15) is 19.5 Å². The number of benzene rings is 4. The number of amides is 3. The van der Waals surface area contributed by atoms with Gasteiger partial charge >= 0.3 is 0 Å². The zero-order chi connectivity index (χ0) is 38.5. The minimum absolute atomic E-state index is 0.0973. The number of fused-ring (bicyclic) bond motifs is 2. The van der Waals surface area contributed by atoms with Gasteiger partial charge in [0.15, 0.2) is 5.60 Å². The maximum absolute atomic E-state index is 16.2. The molecule has 3 amide bonds. The first-order chi connectivity index (χ1) is 26.5. The second kappa shape index (κ2) is 14.4. The van der Waals surface area contributed by atoms with Crippen LogP contribution in [0.25, 0.3) is 0 Å². The molecule has 4 aromatic rings. The fourth-order valence-corrected chi connectivity index (χ4v) is 11.4. The van der Waals surface area contributed by atoms with Crippen LogP contribution in [-0.2, 0) is 31.3 Å². The summed E-state index contributed by atoms with van der Waals surface area (Å²) in [6.07, 6.45) is 1.21. The Balaban J connectivity index is 1.16. The van der Waals surface area contributed by atoms with Crippen LogP contribution in [0.2, 0.25) is 18.6 Å². The largest absolute Gasteiger partial charge is 0.396 e. The predicted octanol–water partition coefficient (Wildman–Crippen LogP) is 7.45. The van der Waals surface area contributed by atoms with E-state index >= 15 is 4.11 Å². The van der Waals surface area contributed by atoms with Gasteiger partial charge in [0.25, 0.3) is 5.91 Å². The third kappa shape index (κ3) is 6.51. The van der Waals surface area contributed by atoms with E-state index in [1.807, 2.05) is 97.9 Å². The molecule has 0 bridgehead atoms. The fourth-order valence-electron chi connectivity index (χ4n) is 8.83. The maximum Gasteiger partial charge on any atom is 0.264 e. The molecule has 1 saturated heterocycles. The van der Waals surface area contributed by atoms with Gasteiger partial charge in [0.1, 0.15) is 0 Å². The quantitative estimate of drug-likeness (QED) is 0.141. The van der Waals surface area contributed by atoms with Crippen molar-refractivity contribution in [2.24, 2.45) is 16.1 Å². The van der Waals surface area contributed by atoms with Gasteiger partial charge in [-0.3, -0.25) is 14.4 Å². The van der Waals surface area contributed by atoms with E-state index in [2.05, 4.69) is 0 Å². The molecule has 55 heavy (non-hydrogen) atoms. The van der Waals surface area contributed by atoms with Crippen molar-refractivity contribution in [3.63, 3.8) is 0 Å². The summed E-state index contributed by atoms with van der Waals surface area (Å²) in [4.78, 5) is 43.1. The number of anilines is 3. The molecule has 0 radical (unpaired) electrons. The van der Waals surface area contributed by atoms with Gasteiger partial charge in [-0.25, -0.2) is 10.0 Å². The van der Waals surface area contributed by atoms with E-state index in [0.717, 1.165) is 28.1 Å². The molecule has 0 aromatic heterocycles. The second-order valence-corrected chi connectivity index (χ2v) is 19.1. The monoisotopic (exact) mass is 757 g/mol. The van der Waals surface area contributed by atoms with Crippen molar-refractivity contribution in [1.29, 1.82) is 0 Å². The molecule has 4 heterocycles. The van der Waals surface area contributed by atoms with E-state index < -0.39 is 31.6 Å². The summed E-state index contributed by atoms with van der Waals surface area (Å²) in [6, 6.07) is 32.3. The average molecular weight is 758 g/mol. The van der Waals surface area contributed by atoms with Gasteiger partial charge in [-0.1, -0.05) is 79.7 Å². The summed E-state index contributed by atoms with van der Waals surface area (Å²) in [6.45, 7) is 5.11. The number of carbonyl (C=O) groups excluding carboxylic acids is 3. The molecule has 1 N–H and O–H groups in total. The summed E-state index contributed by atoms with van der Waals surface area (Å²) < 4.78 is 23.0. The van der Waals surface area contributed by atoms with E-state index in [1.165, 1.54) is 10.0 Å². The molecule has 1 fully saturated rings. The van der Waals surface area contributed by atoms with Crippen molar-refractivity contribution in [2.75, 3.05) is 21.5 Å². The van der Waals surface area contributed by atoms with E-state index in [0.29, 0.717) is 41.9 Å². The van der Waals surface area contributed by atoms with Crippen molar-refractivity contribution >= 4 is 54.6 Å². The normalized spacial score (nSPS) is 24.1. The summed E-state index contributed by atoms with van der Waals surface area (Å²) >= 11 is 0. The fraction of sp³-hybridized carbons (Fsp3) is 0.326. The number of hydrazone groups is 2. The van der Waals surface area contributed by atoms with E-state index in [1.54, 1.807) is 30.1 Å². The first kappa shape index (κ1) is 36.7. The number of halogens is 1. The van der Waals surface area contributed by atoms with E-state index in [4.69, 9.17) is 14.9 Å². The third-order valence-electron chi connectivity index (χ3n) is 11.4. The highest BCUT2D eigenvalue weighted by Gasteiger charge is 2.66. The molecule has 8 rings (SSSR count). The number of rotatable bonds is 9. The highest BCUT2D eigenvalue weighted by Crippen LogP contribution is 2.60. The lowest BCUT2D eigenvalue weighted by Crippen LogP contribution is -2.45. The highest BCUT2D eigenvalue weighted by molar-refractivity contribution is 6.72. The highest BCUT2D eigenvalue weighted by atomic mass is 28.4. The molecule has 12 heteroatoms. The summed E-state index contributed by atoms with van der Waals surface area (Å²) in [7, 11) is -3.42. The molecule has 4 aliphatic heterocycles. The zero-order valence-corrected chi connectivity index (χ0v) is 32.2.